The number of aromatic nitrogens is 2. The Morgan fingerprint density at radius 2 is 2.00 bits per heavy atom. The molecule has 0 radical (unpaired) electrons. The van der Waals surface area contributed by atoms with E-state index in [1.165, 1.54) is 18.4 Å². The minimum Gasteiger partial charge on any atom is -0.467 e. The van der Waals surface area contributed by atoms with Crippen LogP contribution in [0.25, 0.3) is 11.3 Å². The fourth-order valence-electron chi connectivity index (χ4n) is 4.98. The number of nitrogens with zero attached hydrogens (tertiary/aromatic N) is 2. The lowest BCUT2D eigenvalue weighted by Gasteiger charge is -2.36. The van der Waals surface area contributed by atoms with E-state index in [0.29, 0.717) is 6.54 Å². The van der Waals surface area contributed by atoms with Gasteiger partial charge in [-0.15, -0.1) is 0 Å². The van der Waals surface area contributed by atoms with Crippen molar-refractivity contribution in [3.05, 3.63) is 69.9 Å². The van der Waals surface area contributed by atoms with Crippen molar-refractivity contribution >= 4 is 11.8 Å². The zero-order valence-electron chi connectivity index (χ0n) is 16.1. The summed E-state index contributed by atoms with van der Waals surface area (Å²) in [7, 11) is 0. The van der Waals surface area contributed by atoms with Crippen LogP contribution < -0.4 is 5.56 Å². The maximum Gasteiger partial charge on any atom is 0.258 e. The highest BCUT2D eigenvalue weighted by molar-refractivity contribution is 7.99. The van der Waals surface area contributed by atoms with Gasteiger partial charge < -0.3 is 4.42 Å². The number of thioether (sulfide) groups is 1. The minimum atomic E-state index is -0.0614. The highest BCUT2D eigenvalue weighted by atomic mass is 32.2. The van der Waals surface area contributed by atoms with E-state index in [1.807, 2.05) is 16.7 Å². The number of benzene rings is 1. The van der Waals surface area contributed by atoms with Gasteiger partial charge in [0, 0.05) is 11.0 Å². The Balaban J connectivity index is 1.78. The molecule has 3 aromatic rings. The van der Waals surface area contributed by atoms with Crippen LogP contribution in [0, 0.1) is 0 Å². The molecule has 0 saturated heterocycles. The molecule has 144 valence electrons. The van der Waals surface area contributed by atoms with E-state index < -0.39 is 0 Å². The number of furan rings is 1. The summed E-state index contributed by atoms with van der Waals surface area (Å²) < 4.78 is 7.38. The van der Waals surface area contributed by atoms with Gasteiger partial charge in [-0.1, -0.05) is 55.8 Å². The van der Waals surface area contributed by atoms with E-state index >= 15 is 0 Å². The second-order valence-corrected chi connectivity index (χ2v) is 9.07. The van der Waals surface area contributed by atoms with Crippen molar-refractivity contribution in [1.29, 1.82) is 0 Å². The Labute approximate surface area is 169 Å². The number of rotatable bonds is 4. The highest BCUT2D eigenvalue weighted by Crippen LogP contribution is 2.49. The summed E-state index contributed by atoms with van der Waals surface area (Å²) in [4.78, 5) is 19.0. The Morgan fingerprint density at radius 1 is 1.18 bits per heavy atom. The first kappa shape index (κ1) is 17.8. The lowest BCUT2D eigenvalue weighted by Crippen LogP contribution is -2.40. The van der Waals surface area contributed by atoms with Crippen molar-refractivity contribution in [1.82, 2.24) is 9.55 Å². The minimum absolute atomic E-state index is 0.0614. The molecule has 0 atom stereocenters. The van der Waals surface area contributed by atoms with Gasteiger partial charge in [-0.3, -0.25) is 9.36 Å². The molecule has 0 bridgehead atoms. The molecule has 2 aliphatic rings. The largest absolute Gasteiger partial charge is 0.467 e. The van der Waals surface area contributed by atoms with Crippen molar-refractivity contribution in [3.63, 3.8) is 0 Å². The van der Waals surface area contributed by atoms with Crippen LogP contribution in [0.5, 0.6) is 0 Å². The average Bonchev–Trinajstić information content (AvgIpc) is 3.37. The van der Waals surface area contributed by atoms with Crippen molar-refractivity contribution < 1.29 is 4.42 Å². The van der Waals surface area contributed by atoms with Crippen LogP contribution in [0.15, 0.2) is 57.0 Å². The number of fused-ring (bicyclic) bond motifs is 4. The Morgan fingerprint density at radius 3 is 2.75 bits per heavy atom. The number of hydrogen-bond acceptors (Lipinski definition) is 4. The first-order chi connectivity index (χ1) is 13.7. The molecule has 2 aliphatic carbocycles. The molecule has 1 aromatic carbocycles. The monoisotopic (exact) mass is 392 g/mol. The topological polar surface area (TPSA) is 48.0 Å². The normalized spacial score (nSPS) is 16.9. The van der Waals surface area contributed by atoms with Crippen LogP contribution in [-0.4, -0.2) is 15.3 Å². The Kier molecular flexibility index (Phi) is 4.43. The fraction of sp³-hybridized carbons (Fsp3) is 0.391. The summed E-state index contributed by atoms with van der Waals surface area (Å²) in [5.41, 5.74) is 4.38. The van der Waals surface area contributed by atoms with Gasteiger partial charge in [0.15, 0.2) is 5.16 Å². The quantitative estimate of drug-likeness (QED) is 0.461. The molecule has 1 spiro atoms. The highest BCUT2D eigenvalue weighted by Gasteiger charge is 2.44. The van der Waals surface area contributed by atoms with Gasteiger partial charge in [0.1, 0.15) is 5.76 Å². The molecule has 5 heteroatoms. The molecule has 28 heavy (non-hydrogen) atoms. The van der Waals surface area contributed by atoms with Crippen LogP contribution in [0.1, 0.15) is 49.5 Å². The first-order valence-electron chi connectivity index (χ1n) is 10.1. The smallest absolute Gasteiger partial charge is 0.258 e. The molecule has 1 saturated carbocycles. The lowest BCUT2D eigenvalue weighted by molar-refractivity contribution is 0.412. The van der Waals surface area contributed by atoms with E-state index in [-0.39, 0.29) is 11.0 Å². The van der Waals surface area contributed by atoms with Crippen LogP contribution in [0.4, 0.5) is 0 Å². The van der Waals surface area contributed by atoms with Crippen LogP contribution >= 0.6 is 11.8 Å². The van der Waals surface area contributed by atoms with Crippen molar-refractivity contribution in [2.24, 2.45) is 0 Å². The zero-order chi connectivity index (χ0) is 19.1. The van der Waals surface area contributed by atoms with Crippen LogP contribution in [0.2, 0.25) is 0 Å². The second-order valence-electron chi connectivity index (χ2n) is 7.84. The predicted octanol–water partition coefficient (Wildman–Crippen LogP) is 5.03. The van der Waals surface area contributed by atoms with E-state index in [4.69, 9.17) is 9.40 Å². The molecular formula is C23H24N2O2S. The van der Waals surface area contributed by atoms with Gasteiger partial charge in [-0.25, -0.2) is 4.98 Å². The zero-order valence-corrected chi connectivity index (χ0v) is 16.9. The molecule has 1 fully saturated rings. The Hall–Kier alpha value is -2.27. The fourth-order valence-corrected chi connectivity index (χ4v) is 5.70. The molecule has 0 aliphatic heterocycles. The molecule has 0 N–H and O–H groups in total. The summed E-state index contributed by atoms with van der Waals surface area (Å²) in [6, 6.07) is 12.3. The van der Waals surface area contributed by atoms with Gasteiger partial charge in [0.2, 0.25) is 0 Å². The molecule has 4 nitrogen and oxygen atoms in total. The molecular weight excluding hydrogens is 368 g/mol. The van der Waals surface area contributed by atoms with E-state index in [0.717, 1.165) is 52.8 Å². The molecule has 5 rings (SSSR count). The standard InChI is InChI=1S/C23H24N2O2S/c1-2-28-22-24-20-18-10-4-3-8-16(18)14-23(11-5-6-12-23)19(20)21(26)25(22)15-17-9-7-13-27-17/h3-4,7-10,13H,2,5-6,11-12,14-15H2,1H3. The van der Waals surface area contributed by atoms with Crippen LogP contribution in [0.3, 0.4) is 0 Å². The van der Waals surface area contributed by atoms with E-state index in [9.17, 15) is 4.79 Å². The van der Waals surface area contributed by atoms with Crippen molar-refractivity contribution in [2.45, 2.75) is 56.1 Å². The predicted molar refractivity (Wildman–Crippen MR) is 112 cm³/mol. The lowest BCUT2D eigenvalue weighted by atomic mass is 9.68. The molecule has 2 heterocycles. The maximum absolute atomic E-state index is 13.9. The van der Waals surface area contributed by atoms with Crippen LogP contribution in [-0.2, 0) is 18.4 Å². The summed E-state index contributed by atoms with van der Waals surface area (Å²) in [6.45, 7) is 2.53. The van der Waals surface area contributed by atoms with E-state index in [2.05, 4.69) is 31.2 Å². The SMILES string of the molecule is CCSc1nc2c(c(=O)n1Cc1ccco1)C1(CCCC1)Cc1ccccc1-2. The molecule has 0 unspecified atom stereocenters. The van der Waals surface area contributed by atoms with Gasteiger partial charge >= 0.3 is 0 Å². The molecule has 0 amide bonds. The summed E-state index contributed by atoms with van der Waals surface area (Å²) >= 11 is 1.63. The Bertz CT molecular complexity index is 1060. The second kappa shape index (κ2) is 6.96. The average molecular weight is 393 g/mol. The first-order valence-corrected chi connectivity index (χ1v) is 11.1. The summed E-state index contributed by atoms with van der Waals surface area (Å²) in [5.74, 6) is 1.66. The van der Waals surface area contributed by atoms with Gasteiger partial charge in [0.25, 0.3) is 5.56 Å². The maximum atomic E-state index is 13.9. The van der Waals surface area contributed by atoms with E-state index in [1.54, 1.807) is 18.0 Å². The third-order valence-corrected chi connectivity index (χ3v) is 7.05. The summed E-state index contributed by atoms with van der Waals surface area (Å²) in [6.07, 6.45) is 7.13. The van der Waals surface area contributed by atoms with Gasteiger partial charge in [-0.2, -0.15) is 0 Å². The van der Waals surface area contributed by atoms with Crippen molar-refractivity contribution in [3.8, 4) is 11.3 Å². The van der Waals surface area contributed by atoms with Gasteiger partial charge in [-0.05, 0) is 42.7 Å². The third-order valence-electron chi connectivity index (χ3n) is 6.19. The molecule has 2 aromatic heterocycles. The van der Waals surface area contributed by atoms with Crippen molar-refractivity contribution in [2.75, 3.05) is 5.75 Å². The summed E-state index contributed by atoms with van der Waals surface area (Å²) in [5, 5.41) is 0.785. The third kappa shape index (κ3) is 2.75. The van der Waals surface area contributed by atoms with Gasteiger partial charge in [0.05, 0.1) is 24.1 Å². The number of hydrogen-bond donors (Lipinski definition) is 0.